The molecule has 0 unspecified atom stereocenters. The molecule has 0 atom stereocenters. The van der Waals surface area contributed by atoms with Crippen LogP contribution >= 0.6 is 11.3 Å². The van der Waals surface area contributed by atoms with Crippen molar-refractivity contribution in [3.05, 3.63) is 40.3 Å². The molecule has 0 saturated carbocycles. The molecule has 120 valence electrons. The molecule has 6 nitrogen and oxygen atoms in total. The van der Waals surface area contributed by atoms with E-state index >= 15 is 0 Å². The average Bonchev–Trinajstić information content (AvgIpc) is 3.16. The summed E-state index contributed by atoms with van der Waals surface area (Å²) in [7, 11) is 0. The van der Waals surface area contributed by atoms with Gasteiger partial charge in [0.15, 0.2) is 0 Å². The smallest absolute Gasteiger partial charge is 0.321 e. The third-order valence-corrected chi connectivity index (χ3v) is 4.74. The minimum absolute atomic E-state index is 0.116. The summed E-state index contributed by atoms with van der Waals surface area (Å²) in [5.41, 5.74) is 3.57. The van der Waals surface area contributed by atoms with Gasteiger partial charge in [0, 0.05) is 29.3 Å². The molecule has 1 aliphatic rings. The first-order valence-corrected chi connectivity index (χ1v) is 8.34. The largest absolute Gasteiger partial charge is 0.336 e. The molecule has 2 heterocycles. The van der Waals surface area contributed by atoms with E-state index in [9.17, 15) is 9.59 Å². The lowest BCUT2D eigenvalue weighted by molar-refractivity contribution is 0.102. The molecule has 7 heteroatoms. The number of nitrogens with one attached hydrogen (secondary N) is 2. The van der Waals surface area contributed by atoms with Gasteiger partial charge in [0.25, 0.3) is 5.91 Å². The van der Waals surface area contributed by atoms with Crippen molar-refractivity contribution in [2.45, 2.75) is 19.8 Å². The van der Waals surface area contributed by atoms with Crippen LogP contribution in [0.5, 0.6) is 0 Å². The standard InChI is InChI=1S/C16H18N4O2S/c1-10(2)14-13(18-9-23-14)15(21)19-11-4-3-5-12(8-11)20-7-6-17-16(20)22/h3-5,8-10H,6-7H2,1-2H3,(H,17,22)(H,19,21). The highest BCUT2D eigenvalue weighted by Crippen LogP contribution is 2.25. The zero-order valence-electron chi connectivity index (χ0n) is 13.0. The van der Waals surface area contributed by atoms with Crippen LogP contribution in [0.3, 0.4) is 0 Å². The predicted octanol–water partition coefficient (Wildman–Crippen LogP) is 3.05. The maximum absolute atomic E-state index is 12.4. The molecule has 1 aromatic carbocycles. The Morgan fingerprint density at radius 2 is 2.26 bits per heavy atom. The molecule has 1 aliphatic heterocycles. The summed E-state index contributed by atoms with van der Waals surface area (Å²) >= 11 is 1.49. The number of hydrogen-bond acceptors (Lipinski definition) is 4. The first kappa shape index (κ1) is 15.5. The Hall–Kier alpha value is -2.41. The third kappa shape index (κ3) is 3.19. The van der Waals surface area contributed by atoms with Crippen molar-refractivity contribution < 1.29 is 9.59 Å². The van der Waals surface area contributed by atoms with Gasteiger partial charge in [0.05, 0.1) is 5.51 Å². The minimum Gasteiger partial charge on any atom is -0.336 e. The predicted molar refractivity (Wildman–Crippen MR) is 91.3 cm³/mol. The highest BCUT2D eigenvalue weighted by Gasteiger charge is 2.22. The highest BCUT2D eigenvalue weighted by atomic mass is 32.1. The first-order valence-electron chi connectivity index (χ1n) is 7.46. The number of benzene rings is 1. The fraction of sp³-hybridized carbons (Fsp3) is 0.312. The van der Waals surface area contributed by atoms with Gasteiger partial charge in [-0.05, 0) is 24.1 Å². The van der Waals surface area contributed by atoms with Crippen molar-refractivity contribution in [2.24, 2.45) is 0 Å². The summed E-state index contributed by atoms with van der Waals surface area (Å²) in [5, 5.41) is 5.63. The van der Waals surface area contributed by atoms with E-state index in [0.717, 1.165) is 10.6 Å². The van der Waals surface area contributed by atoms with E-state index < -0.39 is 0 Å². The van der Waals surface area contributed by atoms with Crippen molar-refractivity contribution in [1.29, 1.82) is 0 Å². The van der Waals surface area contributed by atoms with Gasteiger partial charge >= 0.3 is 6.03 Å². The average molecular weight is 330 g/mol. The van der Waals surface area contributed by atoms with Crippen LogP contribution in [0, 0.1) is 0 Å². The van der Waals surface area contributed by atoms with Crippen LogP contribution in [-0.2, 0) is 0 Å². The van der Waals surface area contributed by atoms with Crippen LogP contribution in [0.2, 0.25) is 0 Å². The van der Waals surface area contributed by atoms with Crippen molar-refractivity contribution >= 4 is 34.6 Å². The molecule has 3 rings (SSSR count). The van der Waals surface area contributed by atoms with E-state index in [0.29, 0.717) is 24.5 Å². The topological polar surface area (TPSA) is 74.3 Å². The van der Waals surface area contributed by atoms with Gasteiger partial charge in [-0.1, -0.05) is 19.9 Å². The highest BCUT2D eigenvalue weighted by molar-refractivity contribution is 7.10. The van der Waals surface area contributed by atoms with Gasteiger partial charge in [-0.3, -0.25) is 9.69 Å². The molecule has 1 aromatic heterocycles. The number of urea groups is 1. The fourth-order valence-corrected chi connectivity index (χ4v) is 3.30. The first-order chi connectivity index (χ1) is 11.1. The van der Waals surface area contributed by atoms with E-state index in [4.69, 9.17) is 0 Å². The van der Waals surface area contributed by atoms with Gasteiger partial charge in [0.2, 0.25) is 0 Å². The number of rotatable bonds is 4. The lowest BCUT2D eigenvalue weighted by atomic mass is 10.1. The summed E-state index contributed by atoms with van der Waals surface area (Å²) in [6.07, 6.45) is 0. The van der Waals surface area contributed by atoms with Crippen LogP contribution in [0.15, 0.2) is 29.8 Å². The van der Waals surface area contributed by atoms with E-state index in [2.05, 4.69) is 15.6 Å². The molecule has 0 bridgehead atoms. The summed E-state index contributed by atoms with van der Waals surface area (Å²) < 4.78 is 0. The van der Waals surface area contributed by atoms with E-state index in [1.807, 2.05) is 26.0 Å². The Morgan fingerprint density at radius 1 is 1.43 bits per heavy atom. The molecular weight excluding hydrogens is 312 g/mol. The Labute approximate surface area is 138 Å². The zero-order valence-corrected chi connectivity index (χ0v) is 13.8. The number of anilines is 2. The molecule has 1 fully saturated rings. The number of nitrogens with zero attached hydrogens (tertiary/aromatic N) is 2. The molecular formula is C16H18N4O2S. The lowest BCUT2D eigenvalue weighted by Crippen LogP contribution is -2.27. The molecule has 23 heavy (non-hydrogen) atoms. The van der Waals surface area contributed by atoms with Crippen molar-refractivity contribution in [1.82, 2.24) is 10.3 Å². The van der Waals surface area contributed by atoms with Gasteiger partial charge in [-0.15, -0.1) is 11.3 Å². The van der Waals surface area contributed by atoms with Gasteiger partial charge in [-0.25, -0.2) is 9.78 Å². The van der Waals surface area contributed by atoms with Crippen molar-refractivity contribution in [3.8, 4) is 0 Å². The zero-order chi connectivity index (χ0) is 16.4. The SMILES string of the molecule is CC(C)c1scnc1C(=O)Nc1cccc(N2CCNC2=O)c1. The van der Waals surface area contributed by atoms with Crippen LogP contribution in [0.4, 0.5) is 16.2 Å². The molecule has 0 spiro atoms. The normalized spacial score (nSPS) is 14.2. The lowest BCUT2D eigenvalue weighted by Gasteiger charge is -2.15. The van der Waals surface area contributed by atoms with Crippen LogP contribution < -0.4 is 15.5 Å². The van der Waals surface area contributed by atoms with Crippen LogP contribution in [-0.4, -0.2) is 30.0 Å². The molecule has 3 amide bonds. The Morgan fingerprint density at radius 3 is 2.96 bits per heavy atom. The molecule has 2 aromatic rings. The van der Waals surface area contributed by atoms with Crippen LogP contribution in [0.1, 0.15) is 35.1 Å². The third-order valence-electron chi connectivity index (χ3n) is 3.61. The number of amides is 3. The molecule has 2 N–H and O–H groups in total. The van der Waals surface area contributed by atoms with Crippen molar-refractivity contribution in [3.63, 3.8) is 0 Å². The maximum atomic E-state index is 12.4. The van der Waals surface area contributed by atoms with Crippen molar-refractivity contribution in [2.75, 3.05) is 23.3 Å². The summed E-state index contributed by atoms with van der Waals surface area (Å²) in [5.74, 6) is 0.0286. The maximum Gasteiger partial charge on any atom is 0.321 e. The summed E-state index contributed by atoms with van der Waals surface area (Å²) in [6, 6.07) is 7.15. The number of hydrogen-bond donors (Lipinski definition) is 2. The Balaban J connectivity index is 1.79. The quantitative estimate of drug-likeness (QED) is 0.905. The number of aromatic nitrogens is 1. The second-order valence-electron chi connectivity index (χ2n) is 5.61. The summed E-state index contributed by atoms with van der Waals surface area (Å²) in [4.78, 5) is 31.0. The second-order valence-corrected chi connectivity index (χ2v) is 6.49. The van der Waals surface area contributed by atoms with Gasteiger partial charge in [-0.2, -0.15) is 0 Å². The second kappa shape index (κ2) is 6.37. The van der Waals surface area contributed by atoms with Crippen LogP contribution in [0.25, 0.3) is 0 Å². The summed E-state index contributed by atoms with van der Waals surface area (Å²) in [6.45, 7) is 5.33. The Bertz CT molecular complexity index is 741. The van der Waals surface area contributed by atoms with E-state index in [1.54, 1.807) is 22.5 Å². The number of carbonyl (C=O) groups excluding carboxylic acids is 2. The number of thiazole rings is 1. The number of carbonyl (C=O) groups is 2. The van der Waals surface area contributed by atoms with E-state index in [-0.39, 0.29) is 17.9 Å². The van der Waals surface area contributed by atoms with Gasteiger partial charge < -0.3 is 10.6 Å². The fourth-order valence-electron chi connectivity index (χ4n) is 2.50. The monoisotopic (exact) mass is 330 g/mol. The molecule has 0 aliphatic carbocycles. The van der Waals surface area contributed by atoms with Gasteiger partial charge in [0.1, 0.15) is 5.69 Å². The Kier molecular flexibility index (Phi) is 4.29. The molecule has 1 saturated heterocycles. The molecule has 0 radical (unpaired) electrons. The minimum atomic E-state index is -0.224. The van der Waals surface area contributed by atoms with E-state index in [1.165, 1.54) is 11.3 Å².